The largest absolute Gasteiger partial charge is 0.481 e. The summed E-state index contributed by atoms with van der Waals surface area (Å²) in [5.74, 6) is -0.242. The molecule has 0 spiro atoms. The quantitative estimate of drug-likeness (QED) is 0.698. The summed E-state index contributed by atoms with van der Waals surface area (Å²) in [6.45, 7) is 4.56. The van der Waals surface area contributed by atoms with Crippen molar-refractivity contribution in [2.75, 3.05) is 19.6 Å². The molecule has 0 saturated carbocycles. The zero-order valence-electron chi connectivity index (χ0n) is 11.4. The monoisotopic (exact) mass is 262 g/mol. The summed E-state index contributed by atoms with van der Waals surface area (Å²) >= 11 is 0. The van der Waals surface area contributed by atoms with Crippen molar-refractivity contribution in [1.29, 1.82) is 0 Å². The fraction of sp³-hybridized carbons (Fsp3) is 0.533. The van der Waals surface area contributed by atoms with Crippen LogP contribution in [0.5, 0.6) is 0 Å². The van der Waals surface area contributed by atoms with Crippen molar-refractivity contribution in [3.63, 3.8) is 0 Å². The van der Waals surface area contributed by atoms with E-state index in [0.717, 1.165) is 26.1 Å². The molecule has 4 nitrogen and oxygen atoms in total. The van der Waals surface area contributed by atoms with Crippen LogP contribution in [0.15, 0.2) is 30.3 Å². The van der Waals surface area contributed by atoms with Crippen LogP contribution >= 0.6 is 0 Å². The summed E-state index contributed by atoms with van der Waals surface area (Å²) in [6, 6.07) is 10.4. The van der Waals surface area contributed by atoms with Gasteiger partial charge in [0.2, 0.25) is 0 Å². The van der Waals surface area contributed by atoms with Crippen LogP contribution in [0.3, 0.4) is 0 Å². The van der Waals surface area contributed by atoms with Crippen LogP contribution in [0.4, 0.5) is 0 Å². The van der Waals surface area contributed by atoms with Crippen LogP contribution in [0, 0.1) is 0 Å². The number of rotatable bonds is 7. The first-order chi connectivity index (χ1) is 9.11. The fourth-order valence-corrected chi connectivity index (χ4v) is 2.53. The van der Waals surface area contributed by atoms with Crippen LogP contribution < -0.4 is 10.6 Å². The lowest BCUT2D eigenvalue weighted by Crippen LogP contribution is -2.68. The Labute approximate surface area is 114 Å². The molecular weight excluding hydrogens is 240 g/mol. The second-order valence-electron chi connectivity index (χ2n) is 5.48. The number of benzene rings is 1. The average Bonchev–Trinajstić information content (AvgIpc) is 2.36. The summed E-state index contributed by atoms with van der Waals surface area (Å²) in [5, 5.41) is 15.5. The van der Waals surface area contributed by atoms with Gasteiger partial charge in [-0.1, -0.05) is 37.3 Å². The molecule has 3 N–H and O–H groups in total. The number of carbonyl (C=O) groups is 1. The fourth-order valence-electron chi connectivity index (χ4n) is 2.53. The third kappa shape index (κ3) is 3.78. The molecule has 1 atom stereocenters. The number of hydrogen-bond acceptors (Lipinski definition) is 3. The van der Waals surface area contributed by atoms with Crippen LogP contribution in [0.1, 0.15) is 31.2 Å². The Hall–Kier alpha value is -1.39. The van der Waals surface area contributed by atoms with Crippen molar-refractivity contribution in [1.82, 2.24) is 10.6 Å². The van der Waals surface area contributed by atoms with Gasteiger partial charge in [-0.3, -0.25) is 4.79 Å². The highest BCUT2D eigenvalue weighted by Crippen LogP contribution is 2.20. The Bertz CT molecular complexity index is 415. The molecule has 19 heavy (non-hydrogen) atoms. The molecule has 1 aromatic carbocycles. The molecule has 1 saturated heterocycles. The van der Waals surface area contributed by atoms with E-state index >= 15 is 0 Å². The van der Waals surface area contributed by atoms with Gasteiger partial charge in [-0.05, 0) is 24.4 Å². The summed E-state index contributed by atoms with van der Waals surface area (Å²) in [4.78, 5) is 10.9. The molecule has 1 aliphatic heterocycles. The normalized spacial score (nSPS) is 18.6. The highest BCUT2D eigenvalue weighted by Gasteiger charge is 2.38. The lowest BCUT2D eigenvalue weighted by molar-refractivity contribution is -0.139. The van der Waals surface area contributed by atoms with Gasteiger partial charge in [-0.15, -0.1) is 0 Å². The van der Waals surface area contributed by atoms with Crippen molar-refractivity contribution < 1.29 is 9.90 Å². The molecule has 0 aliphatic carbocycles. The highest BCUT2D eigenvalue weighted by molar-refractivity contribution is 5.68. The van der Waals surface area contributed by atoms with Crippen molar-refractivity contribution in [2.45, 2.75) is 31.2 Å². The lowest BCUT2D eigenvalue weighted by atomic mass is 9.88. The van der Waals surface area contributed by atoms with Gasteiger partial charge in [0.15, 0.2) is 0 Å². The topological polar surface area (TPSA) is 61.4 Å². The standard InChI is InChI=1S/C15H22N2O2/c1-12(13-5-3-2-4-6-13)7-8-17-15(9-14(18)19)10-16-11-15/h2-6,12,16-17H,7-11H2,1H3,(H,18,19). The molecule has 1 aromatic rings. The second-order valence-corrected chi connectivity index (χ2v) is 5.48. The molecule has 2 rings (SSSR count). The van der Waals surface area contributed by atoms with Gasteiger partial charge < -0.3 is 15.7 Å². The summed E-state index contributed by atoms with van der Waals surface area (Å²) in [6.07, 6.45) is 1.21. The third-order valence-electron chi connectivity index (χ3n) is 3.86. The van der Waals surface area contributed by atoms with Gasteiger partial charge in [-0.2, -0.15) is 0 Å². The summed E-state index contributed by atoms with van der Waals surface area (Å²) < 4.78 is 0. The Morgan fingerprint density at radius 2 is 2.11 bits per heavy atom. The van der Waals surface area contributed by atoms with Crippen LogP contribution in [-0.4, -0.2) is 36.2 Å². The van der Waals surface area contributed by atoms with E-state index in [-0.39, 0.29) is 12.0 Å². The van der Waals surface area contributed by atoms with E-state index in [0.29, 0.717) is 5.92 Å². The average molecular weight is 262 g/mol. The molecule has 0 radical (unpaired) electrons. The smallest absolute Gasteiger partial charge is 0.305 e. The molecule has 4 heteroatoms. The molecule has 104 valence electrons. The number of nitrogens with one attached hydrogen (secondary N) is 2. The molecule has 1 heterocycles. The van der Waals surface area contributed by atoms with Gasteiger partial charge in [0.1, 0.15) is 0 Å². The highest BCUT2D eigenvalue weighted by atomic mass is 16.4. The van der Waals surface area contributed by atoms with Gasteiger partial charge in [0, 0.05) is 13.1 Å². The minimum atomic E-state index is -0.731. The van der Waals surface area contributed by atoms with Crippen LogP contribution in [-0.2, 0) is 4.79 Å². The second kappa shape index (κ2) is 6.17. The van der Waals surface area contributed by atoms with E-state index in [2.05, 4.69) is 41.8 Å². The van der Waals surface area contributed by atoms with E-state index in [4.69, 9.17) is 5.11 Å². The predicted octanol–water partition coefficient (Wildman–Crippen LogP) is 1.59. The molecule has 1 fully saturated rings. The van der Waals surface area contributed by atoms with Gasteiger partial charge in [-0.25, -0.2) is 0 Å². The van der Waals surface area contributed by atoms with Crippen molar-refractivity contribution in [3.05, 3.63) is 35.9 Å². The van der Waals surface area contributed by atoms with Crippen molar-refractivity contribution in [3.8, 4) is 0 Å². The minimum absolute atomic E-state index is 0.194. The van der Waals surface area contributed by atoms with Crippen molar-refractivity contribution >= 4 is 5.97 Å². The molecule has 0 amide bonds. The first-order valence-electron chi connectivity index (χ1n) is 6.84. The van der Waals surface area contributed by atoms with E-state index in [1.165, 1.54) is 5.56 Å². The molecule has 0 bridgehead atoms. The van der Waals surface area contributed by atoms with Gasteiger partial charge in [0.05, 0.1) is 12.0 Å². The maximum atomic E-state index is 10.9. The van der Waals surface area contributed by atoms with E-state index < -0.39 is 5.97 Å². The van der Waals surface area contributed by atoms with Crippen LogP contribution in [0.2, 0.25) is 0 Å². The van der Waals surface area contributed by atoms with Gasteiger partial charge >= 0.3 is 5.97 Å². The molecular formula is C15H22N2O2. The maximum absolute atomic E-state index is 10.9. The summed E-state index contributed by atoms with van der Waals surface area (Å²) in [5.41, 5.74) is 1.10. The molecule has 0 aromatic heterocycles. The zero-order valence-corrected chi connectivity index (χ0v) is 11.4. The SMILES string of the molecule is CC(CCNC1(CC(=O)O)CNC1)c1ccccc1. The first-order valence-corrected chi connectivity index (χ1v) is 6.84. The summed E-state index contributed by atoms with van der Waals surface area (Å²) in [7, 11) is 0. The molecule has 1 unspecified atom stereocenters. The molecule has 1 aliphatic rings. The number of aliphatic carboxylic acids is 1. The minimum Gasteiger partial charge on any atom is -0.481 e. The van der Waals surface area contributed by atoms with Gasteiger partial charge in [0.25, 0.3) is 0 Å². The Morgan fingerprint density at radius 1 is 1.42 bits per heavy atom. The lowest BCUT2D eigenvalue weighted by Gasteiger charge is -2.42. The van der Waals surface area contributed by atoms with E-state index in [1.807, 2.05) is 6.07 Å². The number of carboxylic acids is 1. The zero-order chi connectivity index (χ0) is 13.7. The first kappa shape index (κ1) is 14.0. The Kier molecular flexibility index (Phi) is 4.56. The van der Waals surface area contributed by atoms with E-state index in [1.54, 1.807) is 0 Å². The van der Waals surface area contributed by atoms with Crippen molar-refractivity contribution in [2.24, 2.45) is 0 Å². The third-order valence-corrected chi connectivity index (χ3v) is 3.86. The Balaban J connectivity index is 1.78. The predicted molar refractivity (Wildman–Crippen MR) is 75.3 cm³/mol. The van der Waals surface area contributed by atoms with Crippen LogP contribution in [0.25, 0.3) is 0 Å². The maximum Gasteiger partial charge on any atom is 0.305 e. The Morgan fingerprint density at radius 3 is 2.63 bits per heavy atom. The van der Waals surface area contributed by atoms with E-state index in [9.17, 15) is 4.79 Å². The number of hydrogen-bond donors (Lipinski definition) is 3. The number of carboxylic acid groups (broad SMARTS) is 1.